The molecule has 1 heterocycles. The average molecular weight is 367 g/mol. The molecule has 0 aliphatic heterocycles. The Morgan fingerprint density at radius 2 is 1.74 bits per heavy atom. The second-order valence-electron chi connectivity index (χ2n) is 4.72. The lowest BCUT2D eigenvalue weighted by Gasteiger charge is -2.14. The van der Waals surface area contributed by atoms with E-state index in [-0.39, 0.29) is 4.34 Å². The molecule has 5 nitrogen and oxygen atoms in total. The number of thiazole rings is 1. The van der Waals surface area contributed by atoms with Crippen molar-refractivity contribution in [3.63, 3.8) is 0 Å². The third-order valence-corrected chi connectivity index (χ3v) is 6.19. The predicted molar refractivity (Wildman–Crippen MR) is 90.0 cm³/mol. The van der Waals surface area contributed by atoms with E-state index in [1.54, 1.807) is 54.6 Å². The van der Waals surface area contributed by atoms with Gasteiger partial charge in [0.1, 0.15) is 6.04 Å². The van der Waals surface area contributed by atoms with Crippen LogP contribution in [0.1, 0.15) is 11.6 Å². The monoisotopic (exact) mass is 366 g/mol. The molecule has 2 aromatic carbocycles. The fourth-order valence-corrected chi connectivity index (χ4v) is 4.73. The van der Waals surface area contributed by atoms with Gasteiger partial charge < -0.3 is 0 Å². The van der Waals surface area contributed by atoms with E-state index in [2.05, 4.69) is 9.71 Å². The molecule has 1 atom stereocenters. The molecular formula is C15H11ClN2O3S2. The first-order chi connectivity index (χ1) is 11.0. The minimum Gasteiger partial charge on any atom is -0.279 e. The number of rotatable bonds is 5. The van der Waals surface area contributed by atoms with Gasteiger partial charge in [-0.1, -0.05) is 42.5 Å². The zero-order chi connectivity index (χ0) is 16.4. The molecule has 3 rings (SSSR count). The van der Waals surface area contributed by atoms with Crippen LogP contribution in [0, 0.1) is 0 Å². The molecule has 0 saturated carbocycles. The fourth-order valence-electron chi connectivity index (χ4n) is 2.06. The Morgan fingerprint density at radius 1 is 1.09 bits per heavy atom. The molecule has 118 valence electrons. The highest BCUT2D eigenvalue weighted by atomic mass is 35.5. The van der Waals surface area contributed by atoms with Crippen molar-refractivity contribution >= 4 is 48.4 Å². The van der Waals surface area contributed by atoms with Crippen LogP contribution in [0.2, 0.25) is 0 Å². The Kier molecular flexibility index (Phi) is 4.45. The Morgan fingerprint density at radius 3 is 2.39 bits per heavy atom. The Balaban J connectivity index is 1.97. The fraction of sp³-hybridized carbons (Fsp3) is 0.0667. The zero-order valence-corrected chi connectivity index (χ0v) is 14.0. The summed E-state index contributed by atoms with van der Waals surface area (Å²) < 4.78 is 28.0. The molecule has 0 unspecified atom stereocenters. The SMILES string of the molecule is O=C(Cl)[C@@H](NS(=O)(=O)c1nc2ccccc2s1)c1ccccc1. The van der Waals surface area contributed by atoms with Gasteiger partial charge in [-0.2, -0.15) is 4.72 Å². The first-order valence-electron chi connectivity index (χ1n) is 6.59. The van der Waals surface area contributed by atoms with Crippen LogP contribution in [-0.4, -0.2) is 18.6 Å². The molecule has 1 N–H and O–H groups in total. The van der Waals surface area contributed by atoms with Gasteiger partial charge in [-0.05, 0) is 29.3 Å². The molecular weight excluding hydrogens is 356 g/mol. The molecule has 0 fully saturated rings. The first-order valence-corrected chi connectivity index (χ1v) is 9.27. The highest BCUT2D eigenvalue weighted by Crippen LogP contribution is 2.27. The molecule has 0 aliphatic carbocycles. The van der Waals surface area contributed by atoms with Crippen molar-refractivity contribution in [3.8, 4) is 0 Å². The van der Waals surface area contributed by atoms with Crippen LogP contribution in [0.15, 0.2) is 58.9 Å². The second-order valence-corrected chi connectivity index (χ2v) is 8.01. The summed E-state index contributed by atoms with van der Waals surface area (Å²) in [6.07, 6.45) is 0. The maximum absolute atomic E-state index is 12.5. The highest BCUT2D eigenvalue weighted by molar-refractivity contribution is 7.91. The van der Waals surface area contributed by atoms with E-state index in [0.717, 1.165) is 16.0 Å². The predicted octanol–water partition coefficient (Wildman–Crippen LogP) is 3.08. The van der Waals surface area contributed by atoms with E-state index >= 15 is 0 Å². The van der Waals surface area contributed by atoms with Crippen LogP contribution in [0.3, 0.4) is 0 Å². The van der Waals surface area contributed by atoms with Crippen molar-refractivity contribution in [1.29, 1.82) is 0 Å². The molecule has 3 aromatic rings. The molecule has 1 aromatic heterocycles. The van der Waals surface area contributed by atoms with Crippen LogP contribution < -0.4 is 4.72 Å². The van der Waals surface area contributed by atoms with Crippen molar-refractivity contribution in [2.24, 2.45) is 0 Å². The van der Waals surface area contributed by atoms with Crippen molar-refractivity contribution in [3.05, 3.63) is 60.2 Å². The van der Waals surface area contributed by atoms with Gasteiger partial charge >= 0.3 is 0 Å². The molecule has 0 aliphatic rings. The number of para-hydroxylation sites is 1. The number of aromatic nitrogens is 1. The minimum absolute atomic E-state index is 0.0995. The van der Waals surface area contributed by atoms with E-state index in [1.807, 2.05) is 0 Å². The number of nitrogens with one attached hydrogen (secondary N) is 1. The Labute approximate surface area is 142 Å². The van der Waals surface area contributed by atoms with Crippen LogP contribution in [0.25, 0.3) is 10.2 Å². The van der Waals surface area contributed by atoms with E-state index < -0.39 is 21.3 Å². The number of carbonyl (C=O) groups is 1. The maximum Gasteiger partial charge on any atom is 0.268 e. The summed E-state index contributed by atoms with van der Waals surface area (Å²) >= 11 is 6.60. The number of hydrogen-bond donors (Lipinski definition) is 1. The first kappa shape index (κ1) is 16.1. The molecule has 0 amide bonds. The van der Waals surface area contributed by atoms with Crippen LogP contribution in [-0.2, 0) is 14.8 Å². The van der Waals surface area contributed by atoms with E-state index in [0.29, 0.717) is 11.1 Å². The number of carbonyl (C=O) groups excluding carboxylic acids is 1. The molecule has 0 bridgehead atoms. The van der Waals surface area contributed by atoms with Gasteiger partial charge in [-0.15, -0.1) is 11.3 Å². The standard InChI is InChI=1S/C15H11ClN2O3S2/c16-14(19)13(10-6-2-1-3-7-10)18-23(20,21)15-17-11-8-4-5-9-12(11)22-15/h1-9,13,18H/t13-/m0/s1. The summed E-state index contributed by atoms with van der Waals surface area (Å²) in [5.41, 5.74) is 1.06. The Hall–Kier alpha value is -1.80. The molecule has 0 radical (unpaired) electrons. The van der Waals surface area contributed by atoms with E-state index in [4.69, 9.17) is 11.6 Å². The molecule has 23 heavy (non-hydrogen) atoms. The van der Waals surface area contributed by atoms with Crippen molar-refractivity contribution in [2.45, 2.75) is 10.4 Å². The normalized spacial score (nSPS) is 13.1. The van der Waals surface area contributed by atoms with Gasteiger partial charge in [-0.3, -0.25) is 4.79 Å². The Bertz CT molecular complexity index is 922. The smallest absolute Gasteiger partial charge is 0.268 e. The number of benzene rings is 2. The lowest BCUT2D eigenvalue weighted by atomic mass is 10.1. The van der Waals surface area contributed by atoms with Crippen molar-refractivity contribution in [2.75, 3.05) is 0 Å². The van der Waals surface area contributed by atoms with Gasteiger partial charge in [-0.25, -0.2) is 13.4 Å². The summed E-state index contributed by atoms with van der Waals surface area (Å²) in [6, 6.07) is 14.4. The molecule has 0 saturated heterocycles. The van der Waals surface area contributed by atoms with Crippen molar-refractivity contribution < 1.29 is 13.2 Å². The lowest BCUT2D eigenvalue weighted by Crippen LogP contribution is -2.32. The zero-order valence-electron chi connectivity index (χ0n) is 11.6. The second kappa shape index (κ2) is 6.37. The number of nitrogens with zero attached hydrogens (tertiary/aromatic N) is 1. The van der Waals surface area contributed by atoms with Gasteiger partial charge in [0.2, 0.25) is 9.58 Å². The quantitative estimate of drug-likeness (QED) is 0.704. The summed E-state index contributed by atoms with van der Waals surface area (Å²) in [7, 11) is -3.96. The van der Waals surface area contributed by atoms with Crippen LogP contribution >= 0.6 is 22.9 Å². The van der Waals surface area contributed by atoms with Gasteiger partial charge in [0, 0.05) is 0 Å². The highest BCUT2D eigenvalue weighted by Gasteiger charge is 2.28. The largest absolute Gasteiger partial charge is 0.279 e. The number of halogens is 1. The van der Waals surface area contributed by atoms with Crippen molar-refractivity contribution in [1.82, 2.24) is 9.71 Å². The number of hydrogen-bond acceptors (Lipinski definition) is 5. The molecule has 8 heteroatoms. The molecule has 0 spiro atoms. The van der Waals surface area contributed by atoms with E-state index in [1.165, 1.54) is 0 Å². The van der Waals surface area contributed by atoms with E-state index in [9.17, 15) is 13.2 Å². The number of sulfonamides is 1. The summed E-state index contributed by atoms with van der Waals surface area (Å²) in [5, 5.41) is -0.805. The topological polar surface area (TPSA) is 76.1 Å². The van der Waals surface area contributed by atoms with Gasteiger partial charge in [0.25, 0.3) is 10.0 Å². The average Bonchev–Trinajstić information content (AvgIpc) is 2.98. The number of fused-ring (bicyclic) bond motifs is 1. The minimum atomic E-state index is -3.96. The summed E-state index contributed by atoms with van der Waals surface area (Å²) in [5.74, 6) is 0. The van der Waals surface area contributed by atoms with Gasteiger partial charge in [0.15, 0.2) is 0 Å². The third kappa shape index (κ3) is 3.42. The summed E-state index contributed by atoms with van der Waals surface area (Å²) in [6.45, 7) is 0. The maximum atomic E-state index is 12.5. The summed E-state index contributed by atoms with van der Waals surface area (Å²) in [4.78, 5) is 15.8. The van der Waals surface area contributed by atoms with Crippen LogP contribution in [0.4, 0.5) is 0 Å². The van der Waals surface area contributed by atoms with Crippen LogP contribution in [0.5, 0.6) is 0 Å². The third-order valence-electron chi connectivity index (χ3n) is 3.14. The van der Waals surface area contributed by atoms with Gasteiger partial charge in [0.05, 0.1) is 10.2 Å². The lowest BCUT2D eigenvalue weighted by molar-refractivity contribution is -0.113.